The minimum Gasteiger partial charge on any atom is -0.490 e. The van der Waals surface area contributed by atoms with Crippen molar-refractivity contribution in [2.75, 3.05) is 7.11 Å². The first kappa shape index (κ1) is 22.3. The van der Waals surface area contributed by atoms with Gasteiger partial charge in [0.1, 0.15) is 0 Å². The topological polar surface area (TPSA) is 85.0 Å². The van der Waals surface area contributed by atoms with Gasteiger partial charge in [0.25, 0.3) is 5.91 Å². The summed E-state index contributed by atoms with van der Waals surface area (Å²) in [5.74, 6) is -0.0162. The highest BCUT2D eigenvalue weighted by molar-refractivity contribution is 8.18. The van der Waals surface area contributed by atoms with Crippen molar-refractivity contribution in [2.45, 2.75) is 13.1 Å². The van der Waals surface area contributed by atoms with Crippen LogP contribution in [0.2, 0.25) is 0 Å². The Morgan fingerprint density at radius 2 is 1.70 bits per heavy atom. The molecule has 0 radical (unpaired) electrons. The second-order valence-electron chi connectivity index (χ2n) is 7.26. The number of carbonyl (C=O) groups excluding carboxylic acids is 1. The van der Waals surface area contributed by atoms with Crippen LogP contribution in [0.25, 0.3) is 6.08 Å². The molecule has 33 heavy (non-hydrogen) atoms. The van der Waals surface area contributed by atoms with Crippen LogP contribution in [0.4, 0.5) is 5.69 Å². The average molecular weight is 460 g/mol. The molecule has 0 saturated carbocycles. The van der Waals surface area contributed by atoms with Gasteiger partial charge in [-0.05, 0) is 40.6 Å². The largest absolute Gasteiger partial charge is 0.490 e. The maximum atomic E-state index is 13.3. The highest BCUT2D eigenvalue weighted by Gasteiger charge is 2.33. The molecule has 8 heteroatoms. The zero-order valence-corrected chi connectivity index (χ0v) is 18.7. The van der Waals surface area contributed by atoms with Crippen LogP contribution < -0.4 is 4.74 Å². The minimum atomic E-state index is -0.501. The number of methoxy groups -OCH3 is 1. The Kier molecular flexibility index (Phi) is 6.85. The van der Waals surface area contributed by atoms with E-state index in [0.29, 0.717) is 28.7 Å². The number of amides is 1. The Morgan fingerprint density at radius 1 is 1.03 bits per heavy atom. The molecular formula is C25H21N3O4S. The molecule has 0 aromatic heterocycles. The number of amidine groups is 1. The lowest BCUT2D eigenvalue weighted by atomic mass is 10.1. The number of benzene rings is 3. The zero-order chi connectivity index (χ0) is 23.2. The normalized spacial score (nSPS) is 15.9. The molecule has 0 atom stereocenters. The van der Waals surface area contributed by atoms with E-state index in [4.69, 9.17) is 9.73 Å². The summed E-state index contributed by atoms with van der Waals surface area (Å²) in [4.78, 5) is 30.9. The lowest BCUT2D eigenvalue weighted by molar-refractivity contribution is -0.385. The fourth-order valence-corrected chi connectivity index (χ4v) is 4.34. The van der Waals surface area contributed by atoms with E-state index in [0.717, 1.165) is 11.1 Å². The van der Waals surface area contributed by atoms with E-state index in [1.54, 1.807) is 17.0 Å². The van der Waals surface area contributed by atoms with Gasteiger partial charge < -0.3 is 4.74 Å². The highest BCUT2D eigenvalue weighted by atomic mass is 32.2. The van der Waals surface area contributed by atoms with E-state index in [-0.39, 0.29) is 17.3 Å². The molecule has 166 valence electrons. The Bertz CT molecular complexity index is 1230. The number of aliphatic imine (C=N–C) groups is 1. The molecule has 4 rings (SSSR count). The molecule has 1 aliphatic heterocycles. The van der Waals surface area contributed by atoms with Crippen molar-refractivity contribution in [1.82, 2.24) is 4.90 Å². The molecule has 1 heterocycles. The fourth-order valence-electron chi connectivity index (χ4n) is 3.36. The highest BCUT2D eigenvalue weighted by Crippen LogP contribution is 2.35. The van der Waals surface area contributed by atoms with Crippen molar-refractivity contribution in [1.29, 1.82) is 0 Å². The van der Waals surface area contributed by atoms with Crippen molar-refractivity contribution < 1.29 is 14.5 Å². The van der Waals surface area contributed by atoms with E-state index < -0.39 is 4.92 Å². The molecular weight excluding hydrogens is 438 g/mol. The van der Waals surface area contributed by atoms with Crippen LogP contribution >= 0.6 is 11.8 Å². The van der Waals surface area contributed by atoms with Gasteiger partial charge >= 0.3 is 5.69 Å². The number of nitrogens with zero attached hydrogens (tertiary/aromatic N) is 3. The molecule has 0 unspecified atom stereocenters. The maximum Gasteiger partial charge on any atom is 0.311 e. The Morgan fingerprint density at radius 3 is 2.33 bits per heavy atom. The van der Waals surface area contributed by atoms with E-state index in [2.05, 4.69) is 0 Å². The first-order chi connectivity index (χ1) is 16.0. The Hall–Kier alpha value is -3.91. The smallest absolute Gasteiger partial charge is 0.311 e. The summed E-state index contributed by atoms with van der Waals surface area (Å²) < 4.78 is 5.07. The number of hydrogen-bond acceptors (Lipinski definition) is 6. The molecule has 0 spiro atoms. The first-order valence-corrected chi connectivity index (χ1v) is 11.0. The van der Waals surface area contributed by atoms with E-state index in [1.165, 1.54) is 31.0 Å². The predicted octanol–water partition coefficient (Wildman–Crippen LogP) is 5.28. The summed E-state index contributed by atoms with van der Waals surface area (Å²) in [7, 11) is 1.38. The third-order valence-corrected chi connectivity index (χ3v) is 6.05. The minimum absolute atomic E-state index is 0.151. The number of thioether (sulfide) groups is 1. The average Bonchev–Trinajstić information content (AvgIpc) is 3.13. The van der Waals surface area contributed by atoms with Gasteiger partial charge in [-0.25, -0.2) is 0 Å². The molecule has 0 N–H and O–H groups in total. The van der Waals surface area contributed by atoms with Gasteiger partial charge in [-0.15, -0.1) is 0 Å². The van der Waals surface area contributed by atoms with Crippen LogP contribution in [0.3, 0.4) is 0 Å². The van der Waals surface area contributed by atoms with Crippen LogP contribution in [0.15, 0.2) is 88.8 Å². The number of nitro groups is 1. The molecule has 0 bridgehead atoms. The van der Waals surface area contributed by atoms with Gasteiger partial charge in [-0.3, -0.25) is 24.8 Å². The molecule has 1 aliphatic rings. The van der Waals surface area contributed by atoms with Gasteiger partial charge in [0.15, 0.2) is 10.9 Å². The molecule has 3 aromatic carbocycles. The number of carbonyl (C=O) groups is 1. The summed E-state index contributed by atoms with van der Waals surface area (Å²) in [5, 5.41) is 12.0. The second-order valence-corrected chi connectivity index (χ2v) is 8.27. The third-order valence-electron chi connectivity index (χ3n) is 5.01. The quantitative estimate of drug-likeness (QED) is 0.273. The van der Waals surface area contributed by atoms with E-state index in [9.17, 15) is 14.9 Å². The van der Waals surface area contributed by atoms with Gasteiger partial charge in [-0.1, -0.05) is 66.7 Å². The van der Waals surface area contributed by atoms with Gasteiger partial charge in [0.05, 0.1) is 30.0 Å². The standard InChI is InChI=1S/C25H21N3O4S/c1-32-22-13-12-20(14-21(22)28(30)31)15-23-24(29)27(17-19-10-6-3-7-11-19)25(33-23)26-16-18-8-4-2-5-9-18/h2-15H,16-17H2,1H3. The second kappa shape index (κ2) is 10.1. The lowest BCUT2D eigenvalue weighted by Crippen LogP contribution is -2.28. The predicted molar refractivity (Wildman–Crippen MR) is 130 cm³/mol. The zero-order valence-electron chi connectivity index (χ0n) is 17.9. The number of rotatable bonds is 7. The van der Waals surface area contributed by atoms with Crippen LogP contribution in [0.1, 0.15) is 16.7 Å². The van der Waals surface area contributed by atoms with Gasteiger partial charge in [0, 0.05) is 6.07 Å². The summed E-state index contributed by atoms with van der Waals surface area (Å²) in [5.41, 5.74) is 2.42. The van der Waals surface area contributed by atoms with Crippen molar-refractivity contribution >= 4 is 34.6 Å². The fraction of sp³-hybridized carbons (Fsp3) is 0.120. The van der Waals surface area contributed by atoms with Crippen LogP contribution in [0, 0.1) is 10.1 Å². The summed E-state index contributed by atoms with van der Waals surface area (Å²) in [6, 6.07) is 24.1. The molecule has 7 nitrogen and oxygen atoms in total. The number of hydrogen-bond donors (Lipinski definition) is 0. The van der Waals surface area contributed by atoms with Gasteiger partial charge in [0.2, 0.25) is 0 Å². The van der Waals surface area contributed by atoms with Gasteiger partial charge in [-0.2, -0.15) is 0 Å². The van der Waals surface area contributed by atoms with E-state index >= 15 is 0 Å². The molecule has 1 amide bonds. The Balaban J connectivity index is 1.66. The maximum absolute atomic E-state index is 13.3. The lowest BCUT2D eigenvalue weighted by Gasteiger charge is -2.15. The molecule has 0 aliphatic carbocycles. The summed E-state index contributed by atoms with van der Waals surface area (Å²) in [6.45, 7) is 0.837. The first-order valence-electron chi connectivity index (χ1n) is 10.2. The summed E-state index contributed by atoms with van der Waals surface area (Å²) in [6.07, 6.45) is 1.66. The number of nitro benzene ring substituents is 1. The molecule has 1 saturated heterocycles. The molecule has 1 fully saturated rings. The molecule has 3 aromatic rings. The Labute approximate surface area is 195 Å². The van der Waals surface area contributed by atoms with Crippen molar-refractivity contribution in [3.8, 4) is 5.75 Å². The summed E-state index contributed by atoms with van der Waals surface area (Å²) >= 11 is 1.27. The van der Waals surface area contributed by atoms with Crippen molar-refractivity contribution in [3.63, 3.8) is 0 Å². The number of ether oxygens (including phenoxy) is 1. The SMILES string of the molecule is COc1ccc(C=C2SC(=NCc3ccccc3)N(Cc3ccccc3)C2=O)cc1[N+](=O)[O-]. The van der Waals surface area contributed by atoms with E-state index in [1.807, 2.05) is 60.7 Å². The van der Waals surface area contributed by atoms with Crippen LogP contribution in [0.5, 0.6) is 5.75 Å². The van der Waals surface area contributed by atoms with Crippen LogP contribution in [-0.4, -0.2) is 28.0 Å². The van der Waals surface area contributed by atoms with Crippen LogP contribution in [-0.2, 0) is 17.9 Å². The third kappa shape index (κ3) is 5.30. The van der Waals surface area contributed by atoms with Crippen molar-refractivity contribution in [2.24, 2.45) is 4.99 Å². The monoisotopic (exact) mass is 459 g/mol. The van der Waals surface area contributed by atoms with Crippen molar-refractivity contribution in [3.05, 3.63) is 111 Å².